The Morgan fingerprint density at radius 3 is 2.83 bits per heavy atom. The molecule has 0 saturated carbocycles. The Bertz CT molecular complexity index is 547. The molecular weight excluding hydrogens is 287 g/mol. The Labute approximate surface area is 121 Å². The van der Waals surface area contributed by atoms with Gasteiger partial charge in [-0.2, -0.15) is 0 Å². The van der Waals surface area contributed by atoms with Crippen molar-refractivity contribution < 1.29 is 0 Å². The fourth-order valence-corrected chi connectivity index (χ4v) is 3.90. The molecule has 0 spiro atoms. The fraction of sp³-hybridized carbons (Fsp3) is 0.462. The first-order valence-electron chi connectivity index (χ1n) is 6.13. The van der Waals surface area contributed by atoms with Gasteiger partial charge in [-0.3, -0.25) is 0 Å². The molecule has 3 rings (SSSR count). The van der Waals surface area contributed by atoms with Crippen molar-refractivity contribution in [2.75, 3.05) is 23.9 Å². The molecule has 0 amide bonds. The van der Waals surface area contributed by atoms with Gasteiger partial charge < -0.3 is 4.90 Å². The molecule has 1 aliphatic heterocycles. The first-order chi connectivity index (χ1) is 8.76. The van der Waals surface area contributed by atoms with E-state index >= 15 is 0 Å². The summed E-state index contributed by atoms with van der Waals surface area (Å²) in [6, 6.07) is 5.87. The number of nitrogens with zero attached hydrogens (tertiary/aromatic N) is 2. The summed E-state index contributed by atoms with van der Waals surface area (Å²) in [5, 5.41) is 1.89. The number of fused-ring (bicyclic) bond motifs is 1. The molecule has 0 bridgehead atoms. The van der Waals surface area contributed by atoms with E-state index in [9.17, 15) is 0 Å². The van der Waals surface area contributed by atoms with Gasteiger partial charge >= 0.3 is 0 Å². The number of anilines is 1. The van der Waals surface area contributed by atoms with Crippen LogP contribution in [0.3, 0.4) is 0 Å². The normalized spacial score (nSPS) is 17.6. The molecule has 0 radical (unpaired) electrons. The van der Waals surface area contributed by atoms with Gasteiger partial charge in [-0.25, -0.2) is 4.98 Å². The van der Waals surface area contributed by atoms with Crippen molar-refractivity contribution in [1.29, 1.82) is 0 Å². The highest BCUT2D eigenvalue weighted by molar-refractivity contribution is 7.22. The maximum Gasteiger partial charge on any atom is 0.186 e. The Morgan fingerprint density at radius 1 is 1.33 bits per heavy atom. The van der Waals surface area contributed by atoms with Crippen molar-refractivity contribution in [3.05, 3.63) is 23.2 Å². The zero-order valence-corrected chi connectivity index (χ0v) is 12.2. The second kappa shape index (κ2) is 5.24. The Morgan fingerprint density at radius 2 is 2.11 bits per heavy atom. The lowest BCUT2D eigenvalue weighted by Crippen LogP contribution is -2.34. The van der Waals surface area contributed by atoms with Gasteiger partial charge in [0.2, 0.25) is 0 Å². The molecule has 1 fully saturated rings. The highest BCUT2D eigenvalue weighted by Crippen LogP contribution is 2.32. The van der Waals surface area contributed by atoms with E-state index in [1.807, 2.05) is 18.2 Å². The number of rotatable bonds is 2. The minimum Gasteiger partial charge on any atom is -0.348 e. The van der Waals surface area contributed by atoms with Crippen LogP contribution in [-0.2, 0) is 0 Å². The first-order valence-corrected chi connectivity index (χ1v) is 7.86. The van der Waals surface area contributed by atoms with Gasteiger partial charge in [-0.15, -0.1) is 11.6 Å². The zero-order valence-electron chi connectivity index (χ0n) is 9.90. The van der Waals surface area contributed by atoms with Gasteiger partial charge in [0.25, 0.3) is 0 Å². The second-order valence-electron chi connectivity index (χ2n) is 4.69. The third kappa shape index (κ3) is 2.44. The molecule has 1 saturated heterocycles. The average molecular weight is 301 g/mol. The van der Waals surface area contributed by atoms with Gasteiger partial charge in [-0.05, 0) is 37.0 Å². The minimum absolute atomic E-state index is 0.673. The van der Waals surface area contributed by atoms with E-state index in [1.165, 1.54) is 12.8 Å². The van der Waals surface area contributed by atoms with Crippen molar-refractivity contribution in [2.24, 2.45) is 5.92 Å². The van der Waals surface area contributed by atoms with Crippen molar-refractivity contribution in [2.45, 2.75) is 12.8 Å². The molecule has 2 heterocycles. The molecule has 0 aliphatic carbocycles. The summed E-state index contributed by atoms with van der Waals surface area (Å²) in [6.45, 7) is 2.12. The SMILES string of the molecule is ClCC1CCN(c2nc3ccc(Cl)cc3s2)CC1. The third-order valence-corrected chi connectivity index (χ3v) is 5.19. The number of alkyl halides is 1. The van der Waals surface area contributed by atoms with Gasteiger partial charge in [0.15, 0.2) is 5.13 Å². The summed E-state index contributed by atoms with van der Waals surface area (Å²) >= 11 is 13.6. The lowest BCUT2D eigenvalue weighted by molar-refractivity contribution is 0.442. The van der Waals surface area contributed by atoms with Crippen LogP contribution in [0.2, 0.25) is 5.02 Å². The van der Waals surface area contributed by atoms with Crippen LogP contribution in [0.1, 0.15) is 12.8 Å². The lowest BCUT2D eigenvalue weighted by Gasteiger charge is -2.30. The molecule has 5 heteroatoms. The molecule has 0 N–H and O–H groups in total. The standard InChI is InChI=1S/C13H14Cl2N2S/c14-8-9-3-5-17(6-4-9)13-16-11-2-1-10(15)7-12(11)18-13/h1-2,7,9H,3-6,8H2. The number of thiazole rings is 1. The maximum atomic E-state index is 6.00. The quantitative estimate of drug-likeness (QED) is 0.764. The Kier molecular flexibility index (Phi) is 3.64. The average Bonchev–Trinajstić information content (AvgIpc) is 2.81. The topological polar surface area (TPSA) is 16.1 Å². The van der Waals surface area contributed by atoms with Crippen LogP contribution < -0.4 is 4.90 Å². The lowest BCUT2D eigenvalue weighted by atomic mass is 9.99. The van der Waals surface area contributed by atoms with Crippen LogP contribution in [0.15, 0.2) is 18.2 Å². The van der Waals surface area contributed by atoms with Crippen molar-refractivity contribution >= 4 is 49.9 Å². The van der Waals surface area contributed by atoms with E-state index in [0.717, 1.165) is 39.3 Å². The van der Waals surface area contributed by atoms with Crippen LogP contribution in [0.5, 0.6) is 0 Å². The smallest absolute Gasteiger partial charge is 0.186 e. The fourth-order valence-electron chi connectivity index (χ4n) is 2.30. The van der Waals surface area contributed by atoms with E-state index in [0.29, 0.717) is 5.92 Å². The second-order valence-corrected chi connectivity index (χ2v) is 6.45. The largest absolute Gasteiger partial charge is 0.348 e. The molecule has 0 unspecified atom stereocenters. The monoisotopic (exact) mass is 300 g/mol. The molecule has 2 aromatic rings. The summed E-state index contributed by atoms with van der Waals surface area (Å²) in [6.07, 6.45) is 2.33. The van der Waals surface area contributed by atoms with E-state index in [4.69, 9.17) is 23.2 Å². The van der Waals surface area contributed by atoms with E-state index in [1.54, 1.807) is 11.3 Å². The van der Waals surface area contributed by atoms with Gasteiger partial charge in [0.1, 0.15) is 0 Å². The first kappa shape index (κ1) is 12.5. The Balaban J connectivity index is 1.82. The van der Waals surface area contributed by atoms with E-state index in [2.05, 4.69) is 9.88 Å². The van der Waals surface area contributed by atoms with Gasteiger partial charge in [0, 0.05) is 24.0 Å². The highest BCUT2D eigenvalue weighted by Gasteiger charge is 2.20. The van der Waals surface area contributed by atoms with Gasteiger partial charge in [-0.1, -0.05) is 22.9 Å². The van der Waals surface area contributed by atoms with E-state index < -0.39 is 0 Å². The molecule has 1 aromatic heterocycles. The number of hydrogen-bond donors (Lipinski definition) is 0. The summed E-state index contributed by atoms with van der Waals surface area (Å²) in [4.78, 5) is 7.04. The van der Waals surface area contributed by atoms with Crippen LogP contribution in [0.4, 0.5) is 5.13 Å². The van der Waals surface area contributed by atoms with Crippen LogP contribution in [0.25, 0.3) is 10.2 Å². The van der Waals surface area contributed by atoms with Crippen molar-refractivity contribution in [1.82, 2.24) is 4.98 Å². The summed E-state index contributed by atoms with van der Waals surface area (Å²) in [5.74, 6) is 1.45. The van der Waals surface area contributed by atoms with Crippen LogP contribution in [0, 0.1) is 5.92 Å². The minimum atomic E-state index is 0.673. The van der Waals surface area contributed by atoms with Crippen molar-refractivity contribution in [3.63, 3.8) is 0 Å². The van der Waals surface area contributed by atoms with Crippen molar-refractivity contribution in [3.8, 4) is 0 Å². The molecule has 2 nitrogen and oxygen atoms in total. The Hall–Kier alpha value is -0.510. The predicted octanol–water partition coefficient (Wildman–Crippen LogP) is 4.40. The number of halogens is 2. The summed E-state index contributed by atoms with van der Waals surface area (Å²) in [7, 11) is 0. The third-order valence-electron chi connectivity index (χ3n) is 3.44. The molecule has 1 aliphatic rings. The molecule has 1 aromatic carbocycles. The summed E-state index contributed by atoms with van der Waals surface area (Å²) in [5.41, 5.74) is 1.04. The predicted molar refractivity (Wildman–Crippen MR) is 80.3 cm³/mol. The molecule has 0 atom stereocenters. The number of aromatic nitrogens is 1. The van der Waals surface area contributed by atoms with Crippen LogP contribution >= 0.6 is 34.5 Å². The number of benzene rings is 1. The molecule has 18 heavy (non-hydrogen) atoms. The number of hydrogen-bond acceptors (Lipinski definition) is 3. The highest BCUT2D eigenvalue weighted by atomic mass is 35.5. The number of piperidine rings is 1. The van der Waals surface area contributed by atoms with E-state index in [-0.39, 0.29) is 0 Å². The molecule has 96 valence electrons. The zero-order chi connectivity index (χ0) is 12.5. The summed E-state index contributed by atoms with van der Waals surface area (Å²) < 4.78 is 1.16. The maximum absolute atomic E-state index is 6.00. The molecular formula is C13H14Cl2N2S. The van der Waals surface area contributed by atoms with Gasteiger partial charge in [0.05, 0.1) is 10.2 Å². The van der Waals surface area contributed by atoms with Crippen LogP contribution in [-0.4, -0.2) is 24.0 Å².